The number of nitrogens with two attached hydrogens (primary N) is 1. The van der Waals surface area contributed by atoms with Crippen LogP contribution in [0, 0.1) is 0 Å². The third kappa shape index (κ3) is 9.91. The summed E-state index contributed by atoms with van der Waals surface area (Å²) in [5.74, 6) is -0.481. The van der Waals surface area contributed by atoms with Crippen LogP contribution in [0.15, 0.2) is 12.7 Å². The van der Waals surface area contributed by atoms with E-state index >= 15 is 0 Å². The smallest absolute Gasteiger partial charge is 0.240 e. The van der Waals surface area contributed by atoms with E-state index < -0.39 is 5.91 Å². The molecule has 0 unspecified atom stereocenters. The van der Waals surface area contributed by atoms with Crippen LogP contribution < -0.4 is 5.73 Å². The van der Waals surface area contributed by atoms with Crippen molar-refractivity contribution in [3.63, 3.8) is 0 Å². The molecule has 2 N–H and O–H groups in total. The first-order valence-electron chi connectivity index (χ1n) is 1.19. The van der Waals surface area contributed by atoms with Gasteiger partial charge in [-0.25, -0.2) is 0 Å². The maximum atomic E-state index is 9.47. The normalized spacial score (nSPS) is 5.33. The summed E-state index contributed by atoms with van der Waals surface area (Å²) in [4.78, 5) is 9.47. The van der Waals surface area contributed by atoms with Crippen molar-refractivity contribution in [2.75, 3.05) is 0 Å². The second kappa shape index (κ2) is 4.43. The van der Waals surface area contributed by atoms with Gasteiger partial charge >= 0.3 is 0 Å². The lowest BCUT2D eigenvalue weighted by atomic mass is 10.6. The van der Waals surface area contributed by atoms with Gasteiger partial charge in [0.15, 0.2) is 0 Å². The standard InChI is InChI=1S/C3H5NO.Si/c1-2-3(4)5;/h2H,1H2,(H2,4,5);. The Hall–Kier alpha value is -0.573. The highest BCUT2D eigenvalue weighted by Gasteiger charge is 1.69. The van der Waals surface area contributed by atoms with Crippen LogP contribution in [0.1, 0.15) is 0 Å². The number of carbonyl (C=O) groups excluding carboxylic acids is 1. The molecule has 0 saturated heterocycles. The molecule has 4 radical (unpaired) electrons. The number of hydrogen-bond acceptors (Lipinski definition) is 1. The van der Waals surface area contributed by atoms with Crippen molar-refractivity contribution >= 4 is 16.9 Å². The lowest BCUT2D eigenvalue weighted by Crippen LogP contribution is -2.04. The molecule has 0 heterocycles. The van der Waals surface area contributed by atoms with Crippen molar-refractivity contribution in [2.24, 2.45) is 5.73 Å². The van der Waals surface area contributed by atoms with Gasteiger partial charge in [-0.1, -0.05) is 6.58 Å². The highest BCUT2D eigenvalue weighted by Crippen LogP contribution is 1.48. The molecule has 0 bridgehead atoms. The third-order valence-electron chi connectivity index (χ3n) is 0.201. The summed E-state index contributed by atoms with van der Waals surface area (Å²) in [5, 5.41) is 0. The molecular formula is C3H5NOSi. The number of rotatable bonds is 1. The first-order valence-corrected chi connectivity index (χ1v) is 1.19. The van der Waals surface area contributed by atoms with Crippen molar-refractivity contribution < 1.29 is 4.79 Å². The van der Waals surface area contributed by atoms with E-state index in [1.807, 2.05) is 0 Å². The predicted molar refractivity (Wildman–Crippen MR) is 25.1 cm³/mol. The molecular weight excluding hydrogens is 94.1 g/mol. The van der Waals surface area contributed by atoms with Crippen LogP contribution >= 0.6 is 0 Å². The topological polar surface area (TPSA) is 43.1 Å². The van der Waals surface area contributed by atoms with Crippen LogP contribution in [-0.4, -0.2) is 16.9 Å². The lowest BCUT2D eigenvalue weighted by Gasteiger charge is -1.65. The maximum absolute atomic E-state index is 9.47. The van der Waals surface area contributed by atoms with Crippen LogP contribution in [-0.2, 0) is 4.79 Å². The summed E-state index contributed by atoms with van der Waals surface area (Å²) in [6, 6.07) is 0. The Kier molecular flexibility index (Phi) is 6.68. The molecule has 0 atom stereocenters. The minimum Gasteiger partial charge on any atom is -0.366 e. The van der Waals surface area contributed by atoms with Gasteiger partial charge in [-0.2, -0.15) is 0 Å². The van der Waals surface area contributed by atoms with Crippen LogP contribution in [0.3, 0.4) is 0 Å². The van der Waals surface area contributed by atoms with Gasteiger partial charge in [-0.15, -0.1) is 0 Å². The van der Waals surface area contributed by atoms with Crippen molar-refractivity contribution in [1.29, 1.82) is 0 Å². The Balaban J connectivity index is 0. The Morgan fingerprint density at radius 3 is 2.00 bits per heavy atom. The van der Waals surface area contributed by atoms with E-state index in [9.17, 15) is 4.79 Å². The summed E-state index contributed by atoms with van der Waals surface area (Å²) in [6.07, 6.45) is 1.06. The Morgan fingerprint density at radius 2 is 2.00 bits per heavy atom. The zero-order valence-electron chi connectivity index (χ0n) is 3.27. The third-order valence-corrected chi connectivity index (χ3v) is 0.201. The van der Waals surface area contributed by atoms with Crippen molar-refractivity contribution in [3.8, 4) is 0 Å². The van der Waals surface area contributed by atoms with Gasteiger partial charge in [0.2, 0.25) is 5.91 Å². The fourth-order valence-corrected chi connectivity index (χ4v) is 0. The number of primary amides is 1. The number of hydrogen-bond donors (Lipinski definition) is 1. The van der Waals surface area contributed by atoms with Gasteiger partial charge < -0.3 is 5.73 Å². The Morgan fingerprint density at radius 1 is 1.83 bits per heavy atom. The second-order valence-electron chi connectivity index (χ2n) is 0.606. The Labute approximate surface area is 41.1 Å². The second-order valence-corrected chi connectivity index (χ2v) is 0.606. The fraction of sp³-hybridized carbons (Fsp3) is 0. The molecule has 32 valence electrons. The zero-order chi connectivity index (χ0) is 4.28. The molecule has 3 heteroatoms. The molecule has 1 amide bonds. The molecule has 0 aromatic carbocycles. The largest absolute Gasteiger partial charge is 0.366 e. The quantitative estimate of drug-likeness (QED) is 0.342. The average molecular weight is 99.2 g/mol. The van der Waals surface area contributed by atoms with Crippen LogP contribution in [0.25, 0.3) is 0 Å². The molecule has 0 fully saturated rings. The maximum Gasteiger partial charge on any atom is 0.240 e. The van der Waals surface area contributed by atoms with Gasteiger partial charge in [0.05, 0.1) is 0 Å². The SMILES string of the molecule is C=CC(N)=O.[Si]. The van der Waals surface area contributed by atoms with Gasteiger partial charge in [0.1, 0.15) is 0 Å². The molecule has 0 aliphatic carbocycles. The van der Waals surface area contributed by atoms with Crippen LogP contribution in [0.5, 0.6) is 0 Å². The number of amides is 1. The minimum absolute atomic E-state index is 0. The molecule has 6 heavy (non-hydrogen) atoms. The molecule has 0 saturated carbocycles. The molecule has 0 aliphatic heterocycles. The first kappa shape index (κ1) is 9.06. The van der Waals surface area contributed by atoms with Crippen LogP contribution in [0.4, 0.5) is 0 Å². The van der Waals surface area contributed by atoms with E-state index in [0.29, 0.717) is 0 Å². The molecule has 0 spiro atoms. The zero-order valence-corrected chi connectivity index (χ0v) is 4.27. The number of carbonyl (C=O) groups is 1. The van der Waals surface area contributed by atoms with Gasteiger partial charge in [-0.05, 0) is 6.08 Å². The van der Waals surface area contributed by atoms with Crippen LogP contribution in [0.2, 0.25) is 0 Å². The van der Waals surface area contributed by atoms with E-state index in [-0.39, 0.29) is 11.0 Å². The average Bonchev–Trinajstić information content (AvgIpc) is 1.38. The van der Waals surface area contributed by atoms with E-state index in [1.165, 1.54) is 0 Å². The molecule has 0 aromatic heterocycles. The summed E-state index contributed by atoms with van der Waals surface area (Å²) in [5.41, 5.74) is 4.53. The van der Waals surface area contributed by atoms with Crippen molar-refractivity contribution in [2.45, 2.75) is 0 Å². The summed E-state index contributed by atoms with van der Waals surface area (Å²) in [6.45, 7) is 3.09. The molecule has 0 aliphatic rings. The van der Waals surface area contributed by atoms with Crippen molar-refractivity contribution in [3.05, 3.63) is 12.7 Å². The van der Waals surface area contributed by atoms with E-state index in [0.717, 1.165) is 6.08 Å². The lowest BCUT2D eigenvalue weighted by molar-refractivity contribution is -0.113. The van der Waals surface area contributed by atoms with E-state index in [2.05, 4.69) is 12.3 Å². The van der Waals surface area contributed by atoms with Gasteiger partial charge in [0.25, 0.3) is 0 Å². The summed E-state index contributed by atoms with van der Waals surface area (Å²) >= 11 is 0. The highest BCUT2D eigenvalue weighted by atomic mass is 28.1. The predicted octanol–water partition coefficient (Wildman–Crippen LogP) is -0.723. The van der Waals surface area contributed by atoms with Crippen molar-refractivity contribution in [1.82, 2.24) is 0 Å². The molecule has 0 aromatic rings. The summed E-state index contributed by atoms with van der Waals surface area (Å²) in [7, 11) is 0. The monoisotopic (exact) mass is 99.0 g/mol. The van der Waals surface area contributed by atoms with E-state index in [1.54, 1.807) is 0 Å². The minimum atomic E-state index is -0.481. The molecule has 0 rings (SSSR count). The van der Waals surface area contributed by atoms with Gasteiger partial charge in [-0.3, -0.25) is 4.79 Å². The first-order chi connectivity index (χ1) is 2.27. The van der Waals surface area contributed by atoms with E-state index in [4.69, 9.17) is 0 Å². The molecule has 2 nitrogen and oxygen atoms in total. The van der Waals surface area contributed by atoms with Gasteiger partial charge in [0, 0.05) is 11.0 Å². The Bertz CT molecular complexity index is 61.8. The fourth-order valence-electron chi connectivity index (χ4n) is 0. The highest BCUT2D eigenvalue weighted by molar-refractivity contribution is 5.84. The summed E-state index contributed by atoms with van der Waals surface area (Å²) < 4.78 is 0.